The molecule has 0 spiro atoms. The summed E-state index contributed by atoms with van der Waals surface area (Å²) in [6.45, 7) is 1.58. The first kappa shape index (κ1) is 18.8. The molecular weight excluding hydrogens is 383 g/mol. The van der Waals surface area contributed by atoms with Crippen LogP contribution in [0.4, 0.5) is 4.39 Å². The standard InChI is InChI=1S/C13H18BrFN2O2S.ClH/c1-8-6-12(15)11(14)7-13(8)20(18,19)17-10-4-2-9(16)3-5-10;/h6-7,9-10,17H,2-5,16H2,1H3;1H. The topological polar surface area (TPSA) is 72.2 Å². The van der Waals surface area contributed by atoms with Crippen LogP contribution in [-0.4, -0.2) is 20.5 Å². The summed E-state index contributed by atoms with van der Waals surface area (Å²) in [5.41, 5.74) is 6.20. The number of sulfonamides is 1. The summed E-state index contributed by atoms with van der Waals surface area (Å²) in [4.78, 5) is 0.112. The largest absolute Gasteiger partial charge is 0.328 e. The highest BCUT2D eigenvalue weighted by atomic mass is 79.9. The van der Waals surface area contributed by atoms with Crippen molar-refractivity contribution in [2.45, 2.75) is 49.6 Å². The predicted octanol–water partition coefficient (Wildman–Crippen LogP) is 2.87. The molecule has 3 N–H and O–H groups in total. The number of hydrogen-bond donors (Lipinski definition) is 2. The number of nitrogens with one attached hydrogen (secondary N) is 1. The number of benzene rings is 1. The van der Waals surface area contributed by atoms with Gasteiger partial charge < -0.3 is 5.73 Å². The first-order valence-corrected chi connectivity index (χ1v) is 8.81. The monoisotopic (exact) mass is 400 g/mol. The highest BCUT2D eigenvalue weighted by Gasteiger charge is 2.26. The van der Waals surface area contributed by atoms with E-state index < -0.39 is 15.8 Å². The minimum Gasteiger partial charge on any atom is -0.328 e. The van der Waals surface area contributed by atoms with Crippen molar-refractivity contribution >= 4 is 38.4 Å². The average molecular weight is 402 g/mol. The minimum atomic E-state index is -3.63. The second kappa shape index (κ2) is 7.37. The quantitative estimate of drug-likeness (QED) is 0.818. The molecule has 0 unspecified atom stereocenters. The van der Waals surface area contributed by atoms with E-state index in [1.54, 1.807) is 6.92 Å². The van der Waals surface area contributed by atoms with Gasteiger partial charge in [0.05, 0.1) is 9.37 Å². The van der Waals surface area contributed by atoms with Crippen LogP contribution in [0.25, 0.3) is 0 Å². The van der Waals surface area contributed by atoms with Crippen LogP contribution < -0.4 is 10.5 Å². The lowest BCUT2D eigenvalue weighted by molar-refractivity contribution is 0.373. The number of halogens is 3. The van der Waals surface area contributed by atoms with Crippen LogP contribution in [0.3, 0.4) is 0 Å². The lowest BCUT2D eigenvalue weighted by atomic mass is 9.93. The van der Waals surface area contributed by atoms with Gasteiger partial charge in [-0.25, -0.2) is 17.5 Å². The molecule has 0 radical (unpaired) electrons. The van der Waals surface area contributed by atoms with E-state index in [0.717, 1.165) is 25.7 Å². The van der Waals surface area contributed by atoms with Crippen LogP contribution >= 0.6 is 28.3 Å². The molecule has 0 aromatic heterocycles. The fourth-order valence-electron chi connectivity index (χ4n) is 2.44. The second-order valence-corrected chi connectivity index (χ2v) is 7.80. The number of aryl methyl sites for hydroxylation is 1. The number of nitrogens with two attached hydrogens (primary N) is 1. The third kappa shape index (κ3) is 4.63. The summed E-state index contributed by atoms with van der Waals surface area (Å²) in [5.74, 6) is -0.468. The molecule has 0 aliphatic heterocycles. The summed E-state index contributed by atoms with van der Waals surface area (Å²) in [7, 11) is -3.63. The Hall–Kier alpha value is -0.210. The Balaban J connectivity index is 0.00000220. The van der Waals surface area contributed by atoms with Crippen molar-refractivity contribution in [3.63, 3.8) is 0 Å². The van der Waals surface area contributed by atoms with Crippen molar-refractivity contribution in [1.29, 1.82) is 0 Å². The van der Waals surface area contributed by atoms with E-state index in [1.165, 1.54) is 12.1 Å². The molecule has 1 aromatic carbocycles. The molecule has 0 saturated heterocycles. The Bertz CT molecular complexity index is 604. The Morgan fingerprint density at radius 2 is 1.86 bits per heavy atom. The summed E-state index contributed by atoms with van der Waals surface area (Å²) in [6.07, 6.45) is 3.11. The van der Waals surface area contributed by atoms with Gasteiger partial charge in [0, 0.05) is 12.1 Å². The molecule has 2 rings (SSSR count). The van der Waals surface area contributed by atoms with Gasteiger partial charge in [-0.15, -0.1) is 12.4 Å². The molecule has 0 atom stereocenters. The van der Waals surface area contributed by atoms with E-state index in [2.05, 4.69) is 20.7 Å². The van der Waals surface area contributed by atoms with Gasteiger partial charge in [0.15, 0.2) is 0 Å². The third-order valence-corrected chi connectivity index (χ3v) is 5.87. The molecular formula is C13H19BrClFN2O2S. The summed E-state index contributed by atoms with van der Waals surface area (Å²) >= 11 is 3.02. The van der Waals surface area contributed by atoms with Gasteiger partial charge in [-0.2, -0.15) is 0 Å². The fourth-order valence-corrected chi connectivity index (χ4v) is 4.49. The molecule has 120 valence electrons. The van der Waals surface area contributed by atoms with Gasteiger partial charge >= 0.3 is 0 Å². The highest BCUT2D eigenvalue weighted by Crippen LogP contribution is 2.25. The third-order valence-electron chi connectivity index (χ3n) is 3.60. The molecule has 1 aliphatic rings. The average Bonchev–Trinajstić information content (AvgIpc) is 2.36. The minimum absolute atomic E-state index is 0. The van der Waals surface area contributed by atoms with E-state index in [-0.39, 0.29) is 33.9 Å². The molecule has 1 aromatic rings. The van der Waals surface area contributed by atoms with E-state index in [0.29, 0.717) is 5.56 Å². The maximum Gasteiger partial charge on any atom is 0.241 e. The molecule has 1 aliphatic carbocycles. The first-order chi connectivity index (χ1) is 9.29. The Morgan fingerprint density at radius 3 is 2.43 bits per heavy atom. The van der Waals surface area contributed by atoms with Crippen molar-refractivity contribution in [3.8, 4) is 0 Å². The smallest absolute Gasteiger partial charge is 0.241 e. The molecule has 1 fully saturated rings. The zero-order chi connectivity index (χ0) is 14.9. The number of rotatable bonds is 3. The van der Waals surface area contributed by atoms with Crippen LogP contribution in [0, 0.1) is 12.7 Å². The predicted molar refractivity (Wildman–Crippen MR) is 86.6 cm³/mol. The van der Waals surface area contributed by atoms with Crippen molar-refractivity contribution in [1.82, 2.24) is 4.72 Å². The fraction of sp³-hybridized carbons (Fsp3) is 0.538. The van der Waals surface area contributed by atoms with Gasteiger partial charge in [-0.1, -0.05) is 0 Å². The SMILES string of the molecule is Cc1cc(F)c(Br)cc1S(=O)(=O)NC1CCC(N)CC1.Cl. The van der Waals surface area contributed by atoms with Crippen LogP contribution in [0.1, 0.15) is 31.2 Å². The lowest BCUT2D eigenvalue weighted by Crippen LogP contribution is -2.40. The van der Waals surface area contributed by atoms with Crippen molar-refractivity contribution in [2.24, 2.45) is 5.73 Å². The van der Waals surface area contributed by atoms with Gasteiger partial charge in [0.2, 0.25) is 10.0 Å². The van der Waals surface area contributed by atoms with E-state index in [1.807, 2.05) is 0 Å². The molecule has 0 heterocycles. The zero-order valence-corrected chi connectivity index (χ0v) is 14.8. The Morgan fingerprint density at radius 1 is 1.29 bits per heavy atom. The van der Waals surface area contributed by atoms with E-state index >= 15 is 0 Å². The van der Waals surface area contributed by atoms with Crippen molar-refractivity contribution in [3.05, 3.63) is 28.0 Å². The number of hydrogen-bond acceptors (Lipinski definition) is 3. The molecule has 21 heavy (non-hydrogen) atoms. The van der Waals surface area contributed by atoms with E-state index in [9.17, 15) is 12.8 Å². The highest BCUT2D eigenvalue weighted by molar-refractivity contribution is 9.10. The Kier molecular flexibility index (Phi) is 6.61. The lowest BCUT2D eigenvalue weighted by Gasteiger charge is -2.26. The maximum atomic E-state index is 13.4. The van der Waals surface area contributed by atoms with Crippen LogP contribution in [-0.2, 0) is 10.0 Å². The van der Waals surface area contributed by atoms with Crippen molar-refractivity contribution in [2.75, 3.05) is 0 Å². The van der Waals surface area contributed by atoms with Gasteiger partial charge in [-0.3, -0.25) is 0 Å². The first-order valence-electron chi connectivity index (χ1n) is 6.53. The normalized spacial score (nSPS) is 22.7. The van der Waals surface area contributed by atoms with Gasteiger partial charge in [0.1, 0.15) is 5.82 Å². The second-order valence-electron chi connectivity index (χ2n) is 5.26. The molecule has 4 nitrogen and oxygen atoms in total. The maximum absolute atomic E-state index is 13.4. The summed E-state index contributed by atoms with van der Waals surface area (Å²) < 4.78 is 41.0. The summed E-state index contributed by atoms with van der Waals surface area (Å²) in [5, 5.41) is 0. The van der Waals surface area contributed by atoms with E-state index in [4.69, 9.17) is 5.73 Å². The molecule has 0 bridgehead atoms. The van der Waals surface area contributed by atoms with Crippen LogP contribution in [0.5, 0.6) is 0 Å². The molecule has 1 saturated carbocycles. The van der Waals surface area contributed by atoms with Gasteiger partial charge in [-0.05, 0) is 66.2 Å². The van der Waals surface area contributed by atoms with Gasteiger partial charge in [0.25, 0.3) is 0 Å². The van der Waals surface area contributed by atoms with Crippen LogP contribution in [0.15, 0.2) is 21.5 Å². The zero-order valence-electron chi connectivity index (χ0n) is 11.6. The van der Waals surface area contributed by atoms with Crippen molar-refractivity contribution < 1.29 is 12.8 Å². The Labute approximate surface area is 139 Å². The van der Waals surface area contributed by atoms with Crippen LogP contribution in [0.2, 0.25) is 0 Å². The summed E-state index contributed by atoms with van der Waals surface area (Å²) in [6, 6.07) is 2.59. The molecule has 8 heteroatoms. The molecule has 0 amide bonds.